The monoisotopic (exact) mass is 405 g/mol. The minimum atomic E-state index is -1.05. The van der Waals surface area contributed by atoms with Gasteiger partial charge in [-0.05, 0) is 41.3 Å². The molecule has 0 unspecified atom stereocenters. The molecule has 0 aromatic heterocycles. The van der Waals surface area contributed by atoms with Gasteiger partial charge in [-0.1, -0.05) is 68.7 Å². The number of aliphatic carboxylic acids is 1. The lowest BCUT2D eigenvalue weighted by atomic mass is 9.94. The number of carbonyl (C=O) groups is 2. The van der Waals surface area contributed by atoms with Crippen molar-refractivity contribution in [3.8, 4) is 5.75 Å². The van der Waals surface area contributed by atoms with E-state index in [0.717, 1.165) is 35.6 Å². The maximum Gasteiger partial charge on any atom is 0.341 e. The fourth-order valence-corrected chi connectivity index (χ4v) is 3.54. The normalized spacial score (nSPS) is 10.7. The molecular formula is C25H27NO4. The lowest BCUT2D eigenvalue weighted by Gasteiger charge is -2.14. The zero-order valence-electron chi connectivity index (χ0n) is 17.2. The molecular weight excluding hydrogens is 378 g/mol. The van der Waals surface area contributed by atoms with E-state index in [9.17, 15) is 9.59 Å². The Morgan fingerprint density at radius 3 is 2.60 bits per heavy atom. The minimum Gasteiger partial charge on any atom is -0.482 e. The number of unbranched alkanes of at least 4 members (excludes halogenated alkanes) is 3. The Morgan fingerprint density at radius 2 is 1.80 bits per heavy atom. The topological polar surface area (TPSA) is 75.6 Å². The Bertz CT molecular complexity index is 1030. The van der Waals surface area contributed by atoms with Crippen LogP contribution in [0.5, 0.6) is 5.75 Å². The van der Waals surface area contributed by atoms with Crippen LogP contribution in [0.15, 0.2) is 60.7 Å². The van der Waals surface area contributed by atoms with Gasteiger partial charge in [0, 0.05) is 11.8 Å². The molecule has 3 rings (SSSR count). The molecule has 30 heavy (non-hydrogen) atoms. The fraction of sp³-hybridized carbons (Fsp3) is 0.280. The lowest BCUT2D eigenvalue weighted by Crippen LogP contribution is -2.15. The summed E-state index contributed by atoms with van der Waals surface area (Å²) < 4.78 is 5.21. The summed E-state index contributed by atoms with van der Waals surface area (Å²) in [6.45, 7) is 1.76. The van der Waals surface area contributed by atoms with Crippen LogP contribution in [0.25, 0.3) is 10.8 Å². The van der Waals surface area contributed by atoms with E-state index < -0.39 is 12.6 Å². The molecule has 0 fully saturated rings. The first-order chi connectivity index (χ1) is 14.6. The standard InChI is InChI=1S/C25H27NO4/c1-2-3-4-5-10-19-15-14-18-9-6-7-13-22(18)24(19)25(29)26-20-11-8-12-21(16-20)30-17-23(27)28/h6-9,11-16H,2-5,10,17H2,1H3,(H,26,29)(H,27,28). The van der Waals surface area contributed by atoms with Crippen LogP contribution < -0.4 is 10.1 Å². The second-order valence-corrected chi connectivity index (χ2v) is 7.30. The molecule has 0 heterocycles. The molecule has 0 aliphatic carbocycles. The Morgan fingerprint density at radius 1 is 0.967 bits per heavy atom. The molecule has 156 valence electrons. The number of hydrogen-bond acceptors (Lipinski definition) is 3. The molecule has 5 nitrogen and oxygen atoms in total. The predicted molar refractivity (Wildman–Crippen MR) is 119 cm³/mol. The largest absolute Gasteiger partial charge is 0.482 e. The predicted octanol–water partition coefficient (Wildman–Crippen LogP) is 5.68. The van der Waals surface area contributed by atoms with Gasteiger partial charge in [-0.15, -0.1) is 0 Å². The molecule has 3 aromatic carbocycles. The summed E-state index contributed by atoms with van der Waals surface area (Å²) in [5.41, 5.74) is 2.30. The first-order valence-corrected chi connectivity index (χ1v) is 10.3. The quantitative estimate of drug-likeness (QED) is 0.426. The van der Waals surface area contributed by atoms with Crippen LogP contribution in [0, 0.1) is 0 Å². The molecule has 5 heteroatoms. The van der Waals surface area contributed by atoms with E-state index in [2.05, 4.69) is 24.4 Å². The maximum absolute atomic E-state index is 13.3. The molecule has 0 aliphatic heterocycles. The molecule has 0 spiro atoms. The molecule has 2 N–H and O–H groups in total. The zero-order chi connectivity index (χ0) is 21.3. The van der Waals surface area contributed by atoms with Gasteiger partial charge in [0.05, 0.1) is 5.56 Å². The van der Waals surface area contributed by atoms with Crippen LogP contribution in [0.1, 0.15) is 48.5 Å². The highest BCUT2D eigenvalue weighted by Gasteiger charge is 2.16. The Hall–Kier alpha value is -3.34. The van der Waals surface area contributed by atoms with E-state index in [1.165, 1.54) is 12.8 Å². The molecule has 0 aliphatic rings. The van der Waals surface area contributed by atoms with Gasteiger partial charge >= 0.3 is 5.97 Å². The number of rotatable bonds is 10. The molecule has 1 amide bonds. The number of amides is 1. The third kappa shape index (κ3) is 5.60. The molecule has 0 bridgehead atoms. The summed E-state index contributed by atoms with van der Waals surface area (Å²) in [4.78, 5) is 24.0. The number of carboxylic acid groups (broad SMARTS) is 1. The van der Waals surface area contributed by atoms with Crippen molar-refractivity contribution in [2.75, 3.05) is 11.9 Å². The first-order valence-electron chi connectivity index (χ1n) is 10.3. The zero-order valence-corrected chi connectivity index (χ0v) is 17.2. The van der Waals surface area contributed by atoms with Crippen LogP contribution in [0.3, 0.4) is 0 Å². The number of hydrogen-bond donors (Lipinski definition) is 2. The van der Waals surface area contributed by atoms with E-state index in [4.69, 9.17) is 9.84 Å². The van der Waals surface area contributed by atoms with Crippen molar-refractivity contribution in [1.29, 1.82) is 0 Å². The van der Waals surface area contributed by atoms with Crippen molar-refractivity contribution in [3.05, 3.63) is 71.8 Å². The Labute approximate surface area is 176 Å². The average Bonchev–Trinajstić information content (AvgIpc) is 2.75. The highest BCUT2D eigenvalue weighted by Crippen LogP contribution is 2.26. The van der Waals surface area contributed by atoms with Crippen molar-refractivity contribution in [3.63, 3.8) is 0 Å². The van der Waals surface area contributed by atoms with Crippen LogP contribution in [-0.2, 0) is 11.2 Å². The number of anilines is 1. The fourth-order valence-electron chi connectivity index (χ4n) is 3.54. The van der Waals surface area contributed by atoms with Crippen molar-refractivity contribution in [1.82, 2.24) is 0 Å². The molecule has 0 radical (unpaired) electrons. The van der Waals surface area contributed by atoms with Gasteiger partial charge in [-0.3, -0.25) is 4.79 Å². The summed E-state index contributed by atoms with van der Waals surface area (Å²) in [6.07, 6.45) is 5.41. The van der Waals surface area contributed by atoms with Gasteiger partial charge in [0.2, 0.25) is 0 Å². The maximum atomic E-state index is 13.3. The third-order valence-electron chi connectivity index (χ3n) is 5.00. The van der Waals surface area contributed by atoms with E-state index in [-0.39, 0.29) is 5.91 Å². The number of carbonyl (C=O) groups excluding carboxylic acids is 1. The Kier molecular flexibility index (Phi) is 7.44. The number of carboxylic acids is 1. The van der Waals surface area contributed by atoms with E-state index in [0.29, 0.717) is 17.0 Å². The summed E-state index contributed by atoms with van der Waals surface area (Å²) in [5.74, 6) is -0.825. The van der Waals surface area contributed by atoms with Crippen LogP contribution in [0.4, 0.5) is 5.69 Å². The van der Waals surface area contributed by atoms with Gasteiger partial charge in [0.1, 0.15) is 5.75 Å². The minimum absolute atomic E-state index is 0.173. The summed E-state index contributed by atoms with van der Waals surface area (Å²) in [7, 11) is 0. The number of nitrogens with one attached hydrogen (secondary N) is 1. The van der Waals surface area contributed by atoms with E-state index in [1.54, 1.807) is 24.3 Å². The highest BCUT2D eigenvalue weighted by molar-refractivity contribution is 6.14. The van der Waals surface area contributed by atoms with Crippen molar-refractivity contribution >= 4 is 28.3 Å². The number of ether oxygens (including phenoxy) is 1. The van der Waals surface area contributed by atoms with Gasteiger partial charge in [0.15, 0.2) is 6.61 Å². The number of fused-ring (bicyclic) bond motifs is 1. The van der Waals surface area contributed by atoms with Crippen LogP contribution in [-0.4, -0.2) is 23.6 Å². The molecule has 3 aromatic rings. The lowest BCUT2D eigenvalue weighted by molar-refractivity contribution is -0.139. The van der Waals surface area contributed by atoms with Crippen molar-refractivity contribution in [2.24, 2.45) is 0 Å². The van der Waals surface area contributed by atoms with Gasteiger partial charge in [-0.25, -0.2) is 4.79 Å². The summed E-state index contributed by atoms with van der Waals surface area (Å²) in [6, 6.07) is 18.8. The van der Waals surface area contributed by atoms with Gasteiger partial charge in [0.25, 0.3) is 5.91 Å². The average molecular weight is 405 g/mol. The van der Waals surface area contributed by atoms with E-state index >= 15 is 0 Å². The van der Waals surface area contributed by atoms with Crippen molar-refractivity contribution < 1.29 is 19.4 Å². The van der Waals surface area contributed by atoms with Gasteiger partial charge in [-0.2, -0.15) is 0 Å². The molecule has 0 saturated heterocycles. The Balaban J connectivity index is 1.86. The first kappa shape index (κ1) is 21.4. The molecule has 0 atom stereocenters. The second-order valence-electron chi connectivity index (χ2n) is 7.30. The SMILES string of the molecule is CCCCCCc1ccc2ccccc2c1C(=O)Nc1cccc(OCC(=O)O)c1. The van der Waals surface area contributed by atoms with E-state index in [1.807, 2.05) is 24.3 Å². The highest BCUT2D eigenvalue weighted by atomic mass is 16.5. The number of aryl methyl sites for hydroxylation is 1. The van der Waals surface area contributed by atoms with Gasteiger partial charge < -0.3 is 15.2 Å². The number of benzene rings is 3. The smallest absolute Gasteiger partial charge is 0.341 e. The third-order valence-corrected chi connectivity index (χ3v) is 5.00. The van der Waals surface area contributed by atoms with Crippen molar-refractivity contribution in [2.45, 2.75) is 39.0 Å². The van der Waals surface area contributed by atoms with Crippen LogP contribution in [0.2, 0.25) is 0 Å². The van der Waals surface area contributed by atoms with Crippen LogP contribution >= 0.6 is 0 Å². The summed E-state index contributed by atoms with van der Waals surface area (Å²) >= 11 is 0. The second kappa shape index (κ2) is 10.4. The summed E-state index contributed by atoms with van der Waals surface area (Å²) in [5, 5.41) is 13.7. The molecule has 0 saturated carbocycles.